The Kier molecular flexibility index (Phi) is 7.89. The number of benzene rings is 2. The van der Waals surface area contributed by atoms with Crippen LogP contribution >= 0.6 is 0 Å². The van der Waals surface area contributed by atoms with Gasteiger partial charge in [0, 0.05) is 17.3 Å². The summed E-state index contributed by atoms with van der Waals surface area (Å²) < 4.78 is 15.2. The molecule has 2 aromatic rings. The average molecular weight is 430 g/mol. The van der Waals surface area contributed by atoms with E-state index in [1.165, 1.54) is 58.6 Å². The summed E-state index contributed by atoms with van der Waals surface area (Å²) in [5.74, 6) is 0.102. The lowest BCUT2D eigenvalue weighted by Crippen LogP contribution is -2.21. The molecule has 0 aliphatic heterocycles. The van der Waals surface area contributed by atoms with Crippen molar-refractivity contribution < 1.29 is 28.7 Å². The molecule has 0 aliphatic carbocycles. The quantitative estimate of drug-likeness (QED) is 0.354. The number of amides is 2. The van der Waals surface area contributed by atoms with Crippen molar-refractivity contribution in [2.24, 2.45) is 5.10 Å². The maximum atomic E-state index is 12.3. The van der Waals surface area contributed by atoms with Crippen LogP contribution in [0.25, 0.3) is 0 Å². The Bertz CT molecular complexity index is 998. The van der Waals surface area contributed by atoms with E-state index in [4.69, 9.17) is 14.2 Å². The number of carbonyl (C=O) groups is 2. The minimum atomic E-state index is -0.623. The first-order valence-electron chi connectivity index (χ1n) is 8.96. The molecule has 0 aromatic heterocycles. The number of nitrogens with zero attached hydrogens (tertiary/aromatic N) is 2. The monoisotopic (exact) mass is 430 g/mol. The van der Waals surface area contributed by atoms with E-state index in [0.29, 0.717) is 17.2 Å². The summed E-state index contributed by atoms with van der Waals surface area (Å²) in [6.07, 6.45) is -0.190. The maximum absolute atomic E-state index is 12.3. The van der Waals surface area contributed by atoms with Crippen molar-refractivity contribution >= 4 is 28.9 Å². The number of anilines is 1. The molecule has 0 bridgehead atoms. The van der Waals surface area contributed by atoms with E-state index in [1.807, 2.05) is 0 Å². The number of nitro groups is 1. The van der Waals surface area contributed by atoms with Gasteiger partial charge in [0.05, 0.1) is 38.7 Å². The van der Waals surface area contributed by atoms with Crippen molar-refractivity contribution in [2.75, 3.05) is 26.6 Å². The largest absolute Gasteiger partial charge is 0.497 e. The fraction of sp³-hybridized carbons (Fsp3) is 0.250. The number of hydrazone groups is 1. The van der Waals surface area contributed by atoms with Crippen LogP contribution < -0.4 is 25.0 Å². The summed E-state index contributed by atoms with van der Waals surface area (Å²) in [7, 11) is 4.31. The number of nitro benzene ring substituents is 1. The van der Waals surface area contributed by atoms with Crippen molar-refractivity contribution in [2.45, 2.75) is 13.3 Å². The summed E-state index contributed by atoms with van der Waals surface area (Å²) in [5.41, 5.74) is 2.61. The van der Waals surface area contributed by atoms with Gasteiger partial charge in [-0.1, -0.05) is 0 Å². The molecule has 0 saturated heterocycles. The molecule has 2 aromatic carbocycles. The van der Waals surface area contributed by atoms with Crippen LogP contribution in [0.1, 0.15) is 23.7 Å². The highest BCUT2D eigenvalue weighted by molar-refractivity contribution is 6.06. The van der Waals surface area contributed by atoms with E-state index >= 15 is 0 Å². The molecule has 0 spiro atoms. The van der Waals surface area contributed by atoms with Gasteiger partial charge in [-0.25, -0.2) is 5.43 Å². The average Bonchev–Trinajstić information content (AvgIpc) is 2.76. The van der Waals surface area contributed by atoms with Gasteiger partial charge in [-0.2, -0.15) is 5.10 Å². The number of methoxy groups -OCH3 is 3. The lowest BCUT2D eigenvalue weighted by molar-refractivity contribution is -0.384. The van der Waals surface area contributed by atoms with E-state index in [9.17, 15) is 19.7 Å². The molecule has 0 aliphatic rings. The third-order valence-corrected chi connectivity index (χ3v) is 4.05. The zero-order valence-electron chi connectivity index (χ0n) is 17.4. The van der Waals surface area contributed by atoms with Crippen LogP contribution in [-0.2, 0) is 4.79 Å². The first-order chi connectivity index (χ1) is 14.8. The van der Waals surface area contributed by atoms with Gasteiger partial charge in [0.2, 0.25) is 5.91 Å². The van der Waals surface area contributed by atoms with Gasteiger partial charge in [0.15, 0.2) is 0 Å². The van der Waals surface area contributed by atoms with Crippen LogP contribution in [-0.4, -0.2) is 43.8 Å². The van der Waals surface area contributed by atoms with Crippen LogP contribution in [0.15, 0.2) is 41.5 Å². The van der Waals surface area contributed by atoms with Crippen molar-refractivity contribution in [1.29, 1.82) is 0 Å². The van der Waals surface area contributed by atoms with Crippen molar-refractivity contribution in [3.63, 3.8) is 0 Å². The molecule has 0 radical (unpaired) electrons. The van der Waals surface area contributed by atoms with Gasteiger partial charge in [-0.15, -0.1) is 0 Å². The molecule has 2 rings (SSSR count). The highest BCUT2D eigenvalue weighted by Gasteiger charge is 2.18. The second kappa shape index (κ2) is 10.6. The van der Waals surface area contributed by atoms with Gasteiger partial charge < -0.3 is 19.5 Å². The molecular formula is C20H22N4O7. The molecule has 11 nitrogen and oxygen atoms in total. The second-order valence-corrected chi connectivity index (χ2v) is 6.25. The first kappa shape index (κ1) is 23.1. The van der Waals surface area contributed by atoms with Gasteiger partial charge in [-0.05, 0) is 31.2 Å². The van der Waals surface area contributed by atoms with Crippen LogP contribution in [0, 0.1) is 10.1 Å². The second-order valence-electron chi connectivity index (χ2n) is 6.25. The van der Waals surface area contributed by atoms with E-state index < -0.39 is 16.7 Å². The molecule has 0 saturated carbocycles. The smallest absolute Gasteiger partial charge is 0.296 e. The molecule has 11 heteroatoms. The highest BCUT2D eigenvalue weighted by atomic mass is 16.6. The van der Waals surface area contributed by atoms with Gasteiger partial charge in [0.1, 0.15) is 22.9 Å². The minimum absolute atomic E-state index is 0.0242. The van der Waals surface area contributed by atoms with Crippen LogP contribution in [0.4, 0.5) is 11.4 Å². The fourth-order valence-electron chi connectivity index (χ4n) is 2.51. The van der Waals surface area contributed by atoms with Crippen molar-refractivity contribution in [3.05, 3.63) is 52.1 Å². The third-order valence-electron chi connectivity index (χ3n) is 4.05. The van der Waals surface area contributed by atoms with E-state index in [-0.39, 0.29) is 29.1 Å². The lowest BCUT2D eigenvalue weighted by Gasteiger charge is -2.09. The zero-order chi connectivity index (χ0) is 23.0. The topological polar surface area (TPSA) is 141 Å². The lowest BCUT2D eigenvalue weighted by atomic mass is 10.2. The van der Waals surface area contributed by atoms with E-state index in [2.05, 4.69) is 15.8 Å². The molecule has 0 heterocycles. The van der Waals surface area contributed by atoms with Crippen molar-refractivity contribution in [1.82, 2.24) is 5.43 Å². The first-order valence-corrected chi connectivity index (χ1v) is 8.96. The Morgan fingerprint density at radius 3 is 2.16 bits per heavy atom. The summed E-state index contributed by atoms with van der Waals surface area (Å²) in [6.45, 7) is 1.54. The molecule has 2 N–H and O–H groups in total. The minimum Gasteiger partial charge on any atom is -0.497 e. The Morgan fingerprint density at radius 2 is 1.61 bits per heavy atom. The fourth-order valence-corrected chi connectivity index (χ4v) is 2.51. The number of ether oxygens (including phenoxy) is 3. The van der Waals surface area contributed by atoms with E-state index in [0.717, 1.165) is 0 Å². The summed E-state index contributed by atoms with van der Waals surface area (Å²) in [5, 5.41) is 17.6. The predicted octanol–water partition coefficient (Wildman–Crippen LogP) is 2.76. The Morgan fingerprint density at radius 1 is 1.00 bits per heavy atom. The van der Waals surface area contributed by atoms with E-state index in [1.54, 1.807) is 6.07 Å². The Balaban J connectivity index is 2.03. The summed E-state index contributed by atoms with van der Waals surface area (Å²) >= 11 is 0. The standard InChI is InChI=1S/C20H22N4O7/c1-12(22-23-20(26)13-8-15(30-3)10-16(9-13)31-4)7-19(25)21-17-6-5-14(29-2)11-18(17)24(27)28/h5-6,8-11H,7H2,1-4H3,(H,21,25)(H,23,26)/b22-12-. The summed E-state index contributed by atoms with van der Waals surface area (Å²) in [6, 6.07) is 8.72. The number of rotatable bonds is 9. The van der Waals surface area contributed by atoms with Crippen LogP contribution in [0.3, 0.4) is 0 Å². The molecule has 31 heavy (non-hydrogen) atoms. The van der Waals surface area contributed by atoms with Gasteiger partial charge in [0.25, 0.3) is 11.6 Å². The number of hydrogen-bond acceptors (Lipinski definition) is 8. The van der Waals surface area contributed by atoms with Crippen molar-refractivity contribution in [3.8, 4) is 17.2 Å². The molecule has 0 unspecified atom stereocenters. The molecule has 164 valence electrons. The molecule has 0 atom stereocenters. The summed E-state index contributed by atoms with van der Waals surface area (Å²) in [4.78, 5) is 35.2. The molecular weight excluding hydrogens is 408 g/mol. The normalized spacial score (nSPS) is 10.8. The highest BCUT2D eigenvalue weighted by Crippen LogP contribution is 2.29. The predicted molar refractivity (Wildman–Crippen MR) is 113 cm³/mol. The molecule has 0 fully saturated rings. The number of hydrogen-bond donors (Lipinski definition) is 2. The van der Waals surface area contributed by atoms with Crippen LogP contribution in [0.5, 0.6) is 17.2 Å². The third kappa shape index (κ3) is 6.42. The zero-order valence-corrected chi connectivity index (χ0v) is 17.4. The number of nitrogens with one attached hydrogen (secondary N) is 2. The van der Waals surface area contributed by atoms with Crippen LogP contribution in [0.2, 0.25) is 0 Å². The Labute approximate surface area is 178 Å². The number of carbonyl (C=O) groups excluding carboxylic acids is 2. The maximum Gasteiger partial charge on any atom is 0.296 e. The van der Waals surface area contributed by atoms with Gasteiger partial charge in [-0.3, -0.25) is 19.7 Å². The Hall–Kier alpha value is -4.15. The molecule has 2 amide bonds. The SMILES string of the molecule is COc1cc(OC)cc(C(=O)N/N=C(/C)CC(=O)Nc2ccc(OC)cc2[N+](=O)[O-])c1. The van der Waals surface area contributed by atoms with Gasteiger partial charge >= 0.3 is 0 Å².